The van der Waals surface area contributed by atoms with Crippen molar-refractivity contribution in [3.8, 4) is 5.75 Å². The van der Waals surface area contributed by atoms with Gasteiger partial charge in [-0.05, 0) is 36.1 Å². The van der Waals surface area contributed by atoms with Crippen molar-refractivity contribution in [1.82, 2.24) is 0 Å². The van der Waals surface area contributed by atoms with E-state index in [0.717, 1.165) is 23.3 Å². The monoisotopic (exact) mass is 242 g/mol. The summed E-state index contributed by atoms with van der Waals surface area (Å²) in [5.41, 5.74) is 1.87. The predicted octanol–water partition coefficient (Wildman–Crippen LogP) is 2.93. The highest BCUT2D eigenvalue weighted by Crippen LogP contribution is 2.29. The molecule has 1 N–H and O–H groups in total. The molecule has 1 aromatic carbocycles. The van der Waals surface area contributed by atoms with Crippen molar-refractivity contribution < 1.29 is 14.6 Å². The summed E-state index contributed by atoms with van der Waals surface area (Å²) in [4.78, 5) is 10.5. The molecule has 16 heavy (non-hydrogen) atoms. The zero-order valence-corrected chi connectivity index (χ0v) is 10.2. The van der Waals surface area contributed by atoms with Crippen LogP contribution in [0.3, 0.4) is 0 Å². The maximum absolute atomic E-state index is 10.5. The van der Waals surface area contributed by atoms with Crippen LogP contribution in [0.4, 0.5) is 0 Å². The van der Waals surface area contributed by atoms with Crippen LogP contribution in [0, 0.1) is 0 Å². The van der Waals surface area contributed by atoms with Crippen molar-refractivity contribution in [1.29, 1.82) is 0 Å². The molecule has 0 bridgehead atoms. The van der Waals surface area contributed by atoms with Gasteiger partial charge in [0, 0.05) is 11.4 Å². The van der Waals surface area contributed by atoms with Gasteiger partial charge in [-0.15, -0.1) is 0 Å². The first-order chi connectivity index (χ1) is 7.58. The number of carbonyl (C=O) groups is 1. The van der Waals surface area contributed by atoms with Gasteiger partial charge in [-0.3, -0.25) is 4.79 Å². The van der Waals surface area contributed by atoms with Crippen LogP contribution in [-0.4, -0.2) is 18.2 Å². The Hall–Kier alpha value is -1.22. The van der Waals surface area contributed by atoms with E-state index >= 15 is 0 Å². The Morgan fingerprint density at radius 1 is 1.44 bits per heavy atom. The first-order valence-corrected chi connectivity index (χ1v) is 5.53. The summed E-state index contributed by atoms with van der Waals surface area (Å²) in [6.45, 7) is 2.01. The number of ether oxygens (including phenoxy) is 1. The van der Waals surface area contributed by atoms with Crippen molar-refractivity contribution in [2.24, 2.45) is 0 Å². The van der Waals surface area contributed by atoms with E-state index in [1.807, 2.05) is 13.0 Å². The molecule has 0 heterocycles. The van der Waals surface area contributed by atoms with Crippen LogP contribution in [-0.2, 0) is 17.6 Å². The lowest BCUT2D eigenvalue weighted by Crippen LogP contribution is -2.01. The number of methoxy groups -OCH3 is 1. The Labute approximate surface area is 100.0 Å². The molecule has 0 saturated heterocycles. The van der Waals surface area contributed by atoms with Gasteiger partial charge in [0.15, 0.2) is 0 Å². The summed E-state index contributed by atoms with van der Waals surface area (Å²) in [6, 6.07) is 3.62. The molecule has 4 heteroatoms. The van der Waals surface area contributed by atoms with Crippen LogP contribution in [0.25, 0.3) is 0 Å². The highest BCUT2D eigenvalue weighted by Gasteiger charge is 2.11. The quantitative estimate of drug-likeness (QED) is 0.864. The standard InChI is InChI=1S/C12H15ClO3/c1-3-8-6-10(13)7-9(12(8)16-2)4-5-11(14)15/h6-7H,3-5H2,1-2H3,(H,14,15). The number of rotatable bonds is 5. The van der Waals surface area contributed by atoms with Gasteiger partial charge in [0.05, 0.1) is 7.11 Å². The normalized spacial score (nSPS) is 10.2. The van der Waals surface area contributed by atoms with Gasteiger partial charge in [-0.2, -0.15) is 0 Å². The Morgan fingerprint density at radius 2 is 2.06 bits per heavy atom. The van der Waals surface area contributed by atoms with Crippen LogP contribution in [0.1, 0.15) is 24.5 Å². The third-order valence-corrected chi connectivity index (χ3v) is 2.62. The molecule has 0 aliphatic heterocycles. The van der Waals surface area contributed by atoms with Gasteiger partial charge < -0.3 is 9.84 Å². The molecular formula is C12H15ClO3. The van der Waals surface area contributed by atoms with Crippen molar-refractivity contribution in [3.63, 3.8) is 0 Å². The fourth-order valence-electron chi connectivity index (χ4n) is 1.66. The minimum Gasteiger partial charge on any atom is -0.496 e. The van der Waals surface area contributed by atoms with Gasteiger partial charge in [0.25, 0.3) is 0 Å². The summed E-state index contributed by atoms with van der Waals surface area (Å²) in [6.07, 6.45) is 1.33. The number of aliphatic carboxylic acids is 1. The zero-order chi connectivity index (χ0) is 12.1. The fourth-order valence-corrected chi connectivity index (χ4v) is 1.93. The summed E-state index contributed by atoms with van der Waals surface area (Å²) in [5, 5.41) is 9.28. The molecule has 3 nitrogen and oxygen atoms in total. The van der Waals surface area contributed by atoms with E-state index in [2.05, 4.69) is 0 Å². The van der Waals surface area contributed by atoms with E-state index in [4.69, 9.17) is 21.4 Å². The number of hydrogen-bond acceptors (Lipinski definition) is 2. The topological polar surface area (TPSA) is 46.5 Å². The van der Waals surface area contributed by atoms with Crippen LogP contribution in [0.5, 0.6) is 5.75 Å². The first kappa shape index (κ1) is 12.8. The number of aryl methyl sites for hydroxylation is 2. The SMILES string of the molecule is CCc1cc(Cl)cc(CCC(=O)O)c1OC. The molecular weight excluding hydrogens is 228 g/mol. The molecule has 0 unspecified atom stereocenters. The highest BCUT2D eigenvalue weighted by atomic mass is 35.5. The lowest BCUT2D eigenvalue weighted by Gasteiger charge is -2.12. The molecule has 0 spiro atoms. The highest BCUT2D eigenvalue weighted by molar-refractivity contribution is 6.30. The van der Waals surface area contributed by atoms with Crippen LogP contribution in [0.2, 0.25) is 5.02 Å². The van der Waals surface area contributed by atoms with Crippen molar-refractivity contribution in [2.45, 2.75) is 26.2 Å². The maximum Gasteiger partial charge on any atom is 0.303 e. The Morgan fingerprint density at radius 3 is 2.56 bits per heavy atom. The van der Waals surface area contributed by atoms with Crippen molar-refractivity contribution in [3.05, 3.63) is 28.3 Å². The predicted molar refractivity (Wildman–Crippen MR) is 63.3 cm³/mol. The second kappa shape index (κ2) is 5.75. The molecule has 88 valence electrons. The molecule has 0 aliphatic rings. The van der Waals surface area contributed by atoms with Crippen LogP contribution in [0.15, 0.2) is 12.1 Å². The summed E-state index contributed by atoms with van der Waals surface area (Å²) in [5.74, 6) is -0.0618. The van der Waals surface area contributed by atoms with Gasteiger partial charge >= 0.3 is 5.97 Å². The molecule has 0 saturated carbocycles. The van der Waals surface area contributed by atoms with E-state index in [0.29, 0.717) is 11.4 Å². The molecule has 1 rings (SSSR count). The van der Waals surface area contributed by atoms with E-state index in [9.17, 15) is 4.79 Å². The molecule has 0 aliphatic carbocycles. The number of hydrogen-bond donors (Lipinski definition) is 1. The molecule has 0 aromatic heterocycles. The lowest BCUT2D eigenvalue weighted by atomic mass is 10.0. The number of carboxylic acid groups (broad SMARTS) is 1. The second-order valence-electron chi connectivity index (χ2n) is 3.50. The van der Waals surface area contributed by atoms with Crippen molar-refractivity contribution >= 4 is 17.6 Å². The molecule has 0 radical (unpaired) electrons. The minimum absolute atomic E-state index is 0.0832. The maximum atomic E-state index is 10.5. The molecule has 0 atom stereocenters. The molecule has 0 fully saturated rings. The van der Waals surface area contributed by atoms with Gasteiger partial charge in [0.2, 0.25) is 0 Å². The minimum atomic E-state index is -0.819. The van der Waals surface area contributed by atoms with E-state index in [-0.39, 0.29) is 6.42 Å². The smallest absolute Gasteiger partial charge is 0.303 e. The lowest BCUT2D eigenvalue weighted by molar-refractivity contribution is -0.136. The van der Waals surface area contributed by atoms with E-state index in [1.165, 1.54) is 0 Å². The number of benzene rings is 1. The third kappa shape index (κ3) is 3.14. The summed E-state index contributed by atoms with van der Waals surface area (Å²) < 4.78 is 5.30. The average molecular weight is 243 g/mol. The fraction of sp³-hybridized carbons (Fsp3) is 0.417. The Bertz CT molecular complexity index is 388. The number of halogens is 1. The largest absolute Gasteiger partial charge is 0.496 e. The van der Waals surface area contributed by atoms with E-state index < -0.39 is 5.97 Å². The third-order valence-electron chi connectivity index (χ3n) is 2.40. The Balaban J connectivity index is 3.04. The molecule has 0 amide bonds. The zero-order valence-electron chi connectivity index (χ0n) is 9.42. The van der Waals surface area contributed by atoms with Crippen LogP contribution < -0.4 is 4.74 Å². The Kier molecular flexibility index (Phi) is 4.62. The summed E-state index contributed by atoms with van der Waals surface area (Å²) in [7, 11) is 1.59. The van der Waals surface area contributed by atoms with E-state index in [1.54, 1.807) is 13.2 Å². The van der Waals surface area contributed by atoms with Crippen molar-refractivity contribution in [2.75, 3.05) is 7.11 Å². The molecule has 1 aromatic rings. The second-order valence-corrected chi connectivity index (χ2v) is 3.94. The van der Waals surface area contributed by atoms with Gasteiger partial charge in [-0.1, -0.05) is 18.5 Å². The van der Waals surface area contributed by atoms with Gasteiger partial charge in [0.1, 0.15) is 5.75 Å². The van der Waals surface area contributed by atoms with Crippen LogP contribution >= 0.6 is 11.6 Å². The van der Waals surface area contributed by atoms with Gasteiger partial charge in [-0.25, -0.2) is 0 Å². The number of carboxylic acids is 1. The first-order valence-electron chi connectivity index (χ1n) is 5.15. The average Bonchev–Trinajstić information content (AvgIpc) is 2.25. The summed E-state index contributed by atoms with van der Waals surface area (Å²) >= 11 is 5.97.